The number of hydrogen-bond acceptors (Lipinski definition) is 12. The molecule has 8 N–H and O–H groups in total. The van der Waals surface area contributed by atoms with Crippen molar-refractivity contribution >= 4 is 65.4 Å². The Kier molecular flexibility index (Phi) is 13.0. The number of hydrogen-bond donors (Lipinski definition) is 6. The Hall–Kier alpha value is -6.87. The average molecular weight is 861 g/mol. The first-order chi connectivity index (χ1) is 29.0. The highest BCUT2D eigenvalue weighted by molar-refractivity contribution is 7.46. The van der Waals surface area contributed by atoms with Crippen LogP contribution in [0.4, 0.5) is 11.9 Å². The number of carbonyl (C=O) groups is 4. The van der Waals surface area contributed by atoms with Gasteiger partial charge in [-0.2, -0.15) is 10.2 Å². The number of ether oxygens (including phenoxy) is 2. The molecule has 0 radical (unpaired) electrons. The van der Waals surface area contributed by atoms with Gasteiger partial charge in [0.05, 0.1) is 42.7 Å². The molecule has 61 heavy (non-hydrogen) atoms. The molecule has 6 aromatic rings. The SMILES string of the molecule is CCn1nc(C)cc1C(=O)Nc1nc2cc(C(N)=O)cc(OC)c2n1CC=CCn1c(NC(=O)c2cc(C)nn2CC)nc2cc(C(N)=O)cc(OCCCOP(=O)(O)O)c21. The Morgan fingerprint density at radius 3 is 1.62 bits per heavy atom. The van der Waals surface area contributed by atoms with E-state index >= 15 is 0 Å². The number of fused-ring (bicyclic) bond motifs is 2. The number of rotatable bonds is 19. The molecular formula is C38H45N12O10P. The summed E-state index contributed by atoms with van der Waals surface area (Å²) in [5, 5.41) is 14.5. The van der Waals surface area contributed by atoms with Crippen LogP contribution in [0.5, 0.6) is 11.5 Å². The van der Waals surface area contributed by atoms with Crippen LogP contribution in [-0.2, 0) is 35.3 Å². The molecule has 2 aromatic carbocycles. The average Bonchev–Trinajstić information content (AvgIpc) is 3.97. The van der Waals surface area contributed by atoms with Crippen molar-refractivity contribution in [2.24, 2.45) is 11.5 Å². The smallest absolute Gasteiger partial charge is 0.469 e. The lowest BCUT2D eigenvalue weighted by Crippen LogP contribution is -2.20. The van der Waals surface area contributed by atoms with Crippen molar-refractivity contribution in [1.82, 2.24) is 38.7 Å². The molecule has 0 aliphatic carbocycles. The molecule has 4 heterocycles. The van der Waals surface area contributed by atoms with E-state index in [0.717, 1.165) is 0 Å². The van der Waals surface area contributed by atoms with Crippen LogP contribution in [0.15, 0.2) is 48.6 Å². The Morgan fingerprint density at radius 2 is 1.20 bits per heavy atom. The first kappa shape index (κ1) is 43.7. The van der Waals surface area contributed by atoms with Crippen molar-refractivity contribution in [2.45, 2.75) is 60.3 Å². The number of aromatic nitrogens is 8. The third-order valence-corrected chi connectivity index (χ3v) is 9.79. The van der Waals surface area contributed by atoms with E-state index in [0.29, 0.717) is 46.7 Å². The number of benzene rings is 2. The van der Waals surface area contributed by atoms with E-state index < -0.39 is 31.5 Å². The van der Waals surface area contributed by atoms with Crippen molar-refractivity contribution in [1.29, 1.82) is 0 Å². The number of aryl methyl sites for hydroxylation is 4. The van der Waals surface area contributed by atoms with Gasteiger partial charge >= 0.3 is 7.82 Å². The molecule has 0 aliphatic heterocycles. The van der Waals surface area contributed by atoms with Crippen molar-refractivity contribution in [3.8, 4) is 11.5 Å². The summed E-state index contributed by atoms with van der Waals surface area (Å²) < 4.78 is 33.8. The van der Waals surface area contributed by atoms with Crippen LogP contribution < -0.4 is 31.6 Å². The van der Waals surface area contributed by atoms with Crippen molar-refractivity contribution < 1.29 is 47.5 Å². The molecule has 0 spiro atoms. The van der Waals surface area contributed by atoms with Crippen molar-refractivity contribution in [3.63, 3.8) is 0 Å². The Labute approximate surface area is 347 Å². The van der Waals surface area contributed by atoms with E-state index in [2.05, 4.69) is 35.3 Å². The normalized spacial score (nSPS) is 11.8. The van der Waals surface area contributed by atoms with Crippen LogP contribution in [0, 0.1) is 13.8 Å². The number of primary amides is 2. The third kappa shape index (κ3) is 9.79. The zero-order valence-electron chi connectivity index (χ0n) is 33.9. The number of phosphoric ester groups is 1. The lowest BCUT2D eigenvalue weighted by Gasteiger charge is -2.13. The highest BCUT2D eigenvalue weighted by Crippen LogP contribution is 2.36. The molecule has 6 rings (SSSR count). The number of nitrogens with zero attached hydrogens (tertiary/aromatic N) is 8. The molecular weight excluding hydrogens is 815 g/mol. The number of allylic oxidation sites excluding steroid dienone is 2. The van der Waals surface area contributed by atoms with Gasteiger partial charge in [-0.25, -0.2) is 14.5 Å². The van der Waals surface area contributed by atoms with E-state index in [9.17, 15) is 23.7 Å². The molecule has 0 saturated carbocycles. The third-order valence-electron chi connectivity index (χ3n) is 9.27. The number of nitrogens with one attached hydrogen (secondary N) is 2. The summed E-state index contributed by atoms with van der Waals surface area (Å²) in [6.45, 7) is 7.85. The summed E-state index contributed by atoms with van der Waals surface area (Å²) in [6.07, 6.45) is 3.59. The number of phosphoric acid groups is 1. The predicted molar refractivity (Wildman–Crippen MR) is 221 cm³/mol. The van der Waals surface area contributed by atoms with Crippen molar-refractivity contribution in [2.75, 3.05) is 31.0 Å². The van der Waals surface area contributed by atoms with E-state index in [4.69, 9.17) is 30.7 Å². The predicted octanol–water partition coefficient (Wildman–Crippen LogP) is 3.28. The number of anilines is 2. The number of methoxy groups -OCH3 is 1. The minimum atomic E-state index is -4.71. The lowest BCUT2D eigenvalue weighted by molar-refractivity contribution is 0.0991. The van der Waals surface area contributed by atoms with Crippen LogP contribution in [0.25, 0.3) is 22.1 Å². The molecule has 0 aliphatic rings. The quantitative estimate of drug-likeness (QED) is 0.0387. The van der Waals surface area contributed by atoms with Crippen LogP contribution in [0.3, 0.4) is 0 Å². The molecule has 4 amide bonds. The zero-order valence-corrected chi connectivity index (χ0v) is 34.8. The number of amides is 4. The lowest BCUT2D eigenvalue weighted by atomic mass is 10.1. The van der Waals surface area contributed by atoms with Gasteiger partial charge in [-0.05, 0) is 64.1 Å². The molecule has 322 valence electrons. The number of nitrogens with two attached hydrogens (primary N) is 2. The molecule has 0 atom stereocenters. The molecule has 22 nitrogen and oxygen atoms in total. The van der Waals surface area contributed by atoms with Crippen molar-refractivity contribution in [3.05, 3.63) is 82.5 Å². The van der Waals surface area contributed by atoms with E-state index in [1.807, 2.05) is 13.8 Å². The molecule has 4 aromatic heterocycles. The van der Waals surface area contributed by atoms with Gasteiger partial charge in [-0.15, -0.1) is 0 Å². The second-order valence-corrected chi connectivity index (χ2v) is 14.8. The van der Waals surface area contributed by atoms with Gasteiger partial charge in [0, 0.05) is 43.7 Å². The van der Waals surface area contributed by atoms with Crippen LogP contribution >= 0.6 is 7.82 Å². The van der Waals surface area contributed by atoms with E-state index in [1.54, 1.807) is 56.6 Å². The van der Waals surface area contributed by atoms with Gasteiger partial charge in [0.1, 0.15) is 33.9 Å². The summed E-state index contributed by atoms with van der Waals surface area (Å²) >= 11 is 0. The summed E-state index contributed by atoms with van der Waals surface area (Å²) in [5.74, 6) is -1.84. The Balaban J connectivity index is 1.40. The fourth-order valence-electron chi connectivity index (χ4n) is 6.61. The molecule has 0 saturated heterocycles. The topological polar surface area (TPSA) is 301 Å². The second-order valence-electron chi connectivity index (χ2n) is 13.6. The summed E-state index contributed by atoms with van der Waals surface area (Å²) in [6, 6.07) is 9.11. The second kappa shape index (κ2) is 18.2. The summed E-state index contributed by atoms with van der Waals surface area (Å²) in [4.78, 5) is 79.4. The maximum Gasteiger partial charge on any atom is 0.469 e. The zero-order chi connectivity index (χ0) is 44.2. The van der Waals surface area contributed by atoms with E-state index in [-0.39, 0.29) is 78.5 Å². The fourth-order valence-corrected chi connectivity index (χ4v) is 6.98. The molecule has 23 heteroatoms. The van der Waals surface area contributed by atoms with Gasteiger partial charge < -0.3 is 39.9 Å². The van der Waals surface area contributed by atoms with Crippen LogP contribution in [-0.4, -0.2) is 92.4 Å². The van der Waals surface area contributed by atoms with Gasteiger partial charge in [-0.1, -0.05) is 12.2 Å². The number of imidazole rings is 2. The van der Waals surface area contributed by atoms with Gasteiger partial charge in [0.25, 0.3) is 11.8 Å². The summed E-state index contributed by atoms with van der Waals surface area (Å²) in [7, 11) is -3.29. The Morgan fingerprint density at radius 1 is 0.738 bits per heavy atom. The van der Waals surface area contributed by atoms with Crippen LogP contribution in [0.1, 0.15) is 73.3 Å². The highest BCUT2D eigenvalue weighted by atomic mass is 31.2. The van der Waals surface area contributed by atoms with Gasteiger partial charge in [-0.3, -0.25) is 43.7 Å². The van der Waals surface area contributed by atoms with Gasteiger partial charge in [0.2, 0.25) is 23.7 Å². The molecule has 0 unspecified atom stereocenters. The van der Waals surface area contributed by atoms with Crippen LogP contribution in [0.2, 0.25) is 0 Å². The monoisotopic (exact) mass is 860 g/mol. The highest BCUT2D eigenvalue weighted by Gasteiger charge is 2.24. The number of carbonyl (C=O) groups excluding carboxylic acids is 4. The Bertz CT molecular complexity index is 2740. The largest absolute Gasteiger partial charge is 0.494 e. The summed E-state index contributed by atoms with van der Waals surface area (Å²) in [5.41, 5.74) is 14.7. The first-order valence-electron chi connectivity index (χ1n) is 18.9. The van der Waals surface area contributed by atoms with Gasteiger partial charge in [0.15, 0.2) is 0 Å². The standard InChI is InChI=1S/C38H45N12O10P/c1-6-49-27(15-21(3)45-49)35(53)43-37-41-25-17-23(33(39)51)19-29(58-5)31(25)47(37)11-8-9-12-48-32-26(42-38(48)44-36(54)28-16-22(4)46-50(28)7-2)18-24(34(40)52)20-30(32)59-13-10-14-60-61(55,56)57/h8-9,15-20H,6-7,10-14H2,1-5H3,(H2,39,51)(H2,40,52)(H,41,43,53)(H,42,44,54)(H2,55,56,57). The minimum Gasteiger partial charge on any atom is -0.494 e. The first-order valence-corrected chi connectivity index (χ1v) is 20.5. The van der Waals surface area contributed by atoms with E-state index in [1.165, 1.54) is 31.4 Å². The maximum atomic E-state index is 13.7. The maximum absolute atomic E-state index is 13.7. The molecule has 0 fully saturated rings. The minimum absolute atomic E-state index is 0.0536. The fraction of sp³-hybridized carbons (Fsp3) is 0.316. The molecule has 0 bridgehead atoms.